The Bertz CT molecular complexity index is 438. The number of benzene rings is 1. The van der Waals surface area contributed by atoms with Crippen LogP contribution in [0.1, 0.15) is 23.8 Å². The first-order chi connectivity index (χ1) is 8.85. The summed E-state index contributed by atoms with van der Waals surface area (Å²) in [5, 5.41) is 17.8. The highest BCUT2D eigenvalue weighted by atomic mass is 32.2. The van der Waals surface area contributed by atoms with Crippen molar-refractivity contribution in [3.05, 3.63) is 29.3 Å². The second-order valence-corrected chi connectivity index (χ2v) is 5.00. The fourth-order valence-corrected chi connectivity index (χ4v) is 2.60. The minimum absolute atomic E-state index is 0.104. The fourth-order valence-electron chi connectivity index (χ4n) is 1.75. The molecule has 4 nitrogen and oxygen atoms in total. The van der Waals surface area contributed by atoms with E-state index in [4.69, 9.17) is 19.8 Å². The van der Waals surface area contributed by atoms with Crippen LogP contribution in [0.2, 0.25) is 0 Å². The van der Waals surface area contributed by atoms with E-state index in [1.54, 1.807) is 6.07 Å². The summed E-state index contributed by atoms with van der Waals surface area (Å²) in [6, 6.07) is 7.57. The van der Waals surface area contributed by atoms with E-state index in [0.29, 0.717) is 24.5 Å². The second-order valence-electron chi connectivity index (χ2n) is 3.86. The maximum Gasteiger partial charge on any atom is 0.184 e. The zero-order valence-corrected chi connectivity index (χ0v) is 10.8. The molecule has 1 aliphatic rings. The number of ether oxygens (including phenoxy) is 2. The van der Waals surface area contributed by atoms with Gasteiger partial charge in [-0.1, -0.05) is 6.07 Å². The Morgan fingerprint density at radius 1 is 1.39 bits per heavy atom. The van der Waals surface area contributed by atoms with Gasteiger partial charge in [-0.05, 0) is 18.6 Å². The standard InChI is InChI=1S/C13H15NO3S/c14-9-10-2-3-11(12(8-10)18-7-4-15)13-16-5-1-6-17-13/h2-3,8,13,15H,1,4-7H2. The molecule has 0 aromatic heterocycles. The van der Waals surface area contributed by atoms with Gasteiger partial charge in [0.15, 0.2) is 6.29 Å². The molecule has 0 bridgehead atoms. The third-order valence-electron chi connectivity index (χ3n) is 2.57. The molecule has 1 N–H and O–H groups in total. The van der Waals surface area contributed by atoms with Crippen LogP contribution in [0.3, 0.4) is 0 Å². The maximum atomic E-state index is 8.92. The van der Waals surface area contributed by atoms with E-state index in [1.165, 1.54) is 11.8 Å². The highest BCUT2D eigenvalue weighted by Gasteiger charge is 2.20. The van der Waals surface area contributed by atoms with Crippen molar-refractivity contribution in [1.29, 1.82) is 5.26 Å². The van der Waals surface area contributed by atoms with E-state index in [9.17, 15) is 0 Å². The SMILES string of the molecule is N#Cc1ccc(C2OCCCO2)c(SCCO)c1. The molecular formula is C13H15NO3S. The van der Waals surface area contributed by atoms with E-state index >= 15 is 0 Å². The third kappa shape index (κ3) is 3.24. The summed E-state index contributed by atoms with van der Waals surface area (Å²) in [6.07, 6.45) is 0.555. The van der Waals surface area contributed by atoms with Crippen LogP contribution in [0.5, 0.6) is 0 Å². The number of aliphatic hydroxyl groups is 1. The summed E-state index contributed by atoms with van der Waals surface area (Å²) in [5.74, 6) is 0.592. The van der Waals surface area contributed by atoms with Crippen molar-refractivity contribution in [1.82, 2.24) is 0 Å². The Morgan fingerprint density at radius 3 is 2.83 bits per heavy atom. The maximum absolute atomic E-state index is 8.92. The normalized spacial score (nSPS) is 16.4. The Kier molecular flexibility index (Phi) is 5.02. The number of nitrogens with zero attached hydrogens (tertiary/aromatic N) is 1. The van der Waals surface area contributed by atoms with E-state index in [-0.39, 0.29) is 12.9 Å². The van der Waals surface area contributed by atoms with E-state index in [0.717, 1.165) is 16.9 Å². The molecule has 0 atom stereocenters. The van der Waals surface area contributed by atoms with Crippen molar-refractivity contribution < 1.29 is 14.6 Å². The molecule has 0 spiro atoms. The molecule has 0 saturated carbocycles. The van der Waals surface area contributed by atoms with E-state index in [1.807, 2.05) is 12.1 Å². The molecule has 96 valence electrons. The summed E-state index contributed by atoms with van der Waals surface area (Å²) >= 11 is 1.51. The van der Waals surface area contributed by atoms with Crippen LogP contribution >= 0.6 is 11.8 Å². The van der Waals surface area contributed by atoms with Crippen molar-refractivity contribution in [3.63, 3.8) is 0 Å². The minimum atomic E-state index is -0.354. The lowest BCUT2D eigenvalue weighted by Gasteiger charge is -2.25. The van der Waals surface area contributed by atoms with Gasteiger partial charge >= 0.3 is 0 Å². The number of thioether (sulfide) groups is 1. The number of hydrogen-bond acceptors (Lipinski definition) is 5. The first kappa shape index (κ1) is 13.4. The summed E-state index contributed by atoms with van der Waals surface area (Å²) in [4.78, 5) is 0.940. The Hall–Kier alpha value is -1.06. The Balaban J connectivity index is 2.23. The van der Waals surface area contributed by atoms with Crippen molar-refractivity contribution in [2.24, 2.45) is 0 Å². The molecule has 18 heavy (non-hydrogen) atoms. The average Bonchev–Trinajstić information content (AvgIpc) is 2.45. The van der Waals surface area contributed by atoms with Gasteiger partial charge in [0.2, 0.25) is 0 Å². The van der Waals surface area contributed by atoms with Gasteiger partial charge in [0.05, 0.1) is 31.5 Å². The predicted molar refractivity (Wildman–Crippen MR) is 68.2 cm³/mol. The molecular weight excluding hydrogens is 250 g/mol. The lowest BCUT2D eigenvalue weighted by atomic mass is 10.1. The molecule has 1 fully saturated rings. The van der Waals surface area contributed by atoms with Crippen molar-refractivity contribution in [2.45, 2.75) is 17.6 Å². The molecule has 1 aromatic carbocycles. The van der Waals surface area contributed by atoms with Crippen molar-refractivity contribution in [2.75, 3.05) is 25.6 Å². The van der Waals surface area contributed by atoms with Gasteiger partial charge in [-0.3, -0.25) is 0 Å². The van der Waals surface area contributed by atoms with Gasteiger partial charge in [-0.2, -0.15) is 5.26 Å². The van der Waals surface area contributed by atoms with Gasteiger partial charge in [-0.25, -0.2) is 0 Å². The quantitative estimate of drug-likeness (QED) is 0.844. The molecule has 1 aromatic rings. The molecule has 0 unspecified atom stereocenters. The number of rotatable bonds is 4. The third-order valence-corrected chi connectivity index (χ3v) is 3.62. The van der Waals surface area contributed by atoms with Crippen LogP contribution < -0.4 is 0 Å². The van der Waals surface area contributed by atoms with Crippen LogP contribution in [-0.4, -0.2) is 30.7 Å². The second kappa shape index (κ2) is 6.76. The zero-order valence-electron chi connectivity index (χ0n) is 9.96. The average molecular weight is 265 g/mol. The predicted octanol–water partition coefficient (Wildman–Crippen LogP) is 2.08. The number of nitriles is 1. The van der Waals surface area contributed by atoms with E-state index < -0.39 is 0 Å². The summed E-state index contributed by atoms with van der Waals surface area (Å²) in [6.45, 7) is 1.48. The minimum Gasteiger partial charge on any atom is -0.396 e. The summed E-state index contributed by atoms with van der Waals surface area (Å²) < 4.78 is 11.2. The smallest absolute Gasteiger partial charge is 0.184 e. The lowest BCUT2D eigenvalue weighted by molar-refractivity contribution is -0.184. The molecule has 0 radical (unpaired) electrons. The topological polar surface area (TPSA) is 62.5 Å². The summed E-state index contributed by atoms with van der Waals surface area (Å²) in [5.41, 5.74) is 1.54. The fraction of sp³-hybridized carbons (Fsp3) is 0.462. The van der Waals surface area contributed by atoms with Gasteiger partial charge in [0.25, 0.3) is 0 Å². The van der Waals surface area contributed by atoms with Crippen molar-refractivity contribution in [3.8, 4) is 6.07 Å². The van der Waals surface area contributed by atoms with Crippen molar-refractivity contribution >= 4 is 11.8 Å². The zero-order chi connectivity index (χ0) is 12.8. The molecule has 0 amide bonds. The number of hydrogen-bond donors (Lipinski definition) is 1. The monoisotopic (exact) mass is 265 g/mol. The van der Waals surface area contributed by atoms with Gasteiger partial charge < -0.3 is 14.6 Å². The van der Waals surface area contributed by atoms with E-state index in [2.05, 4.69) is 6.07 Å². The molecule has 1 aliphatic heterocycles. The lowest BCUT2D eigenvalue weighted by Crippen LogP contribution is -2.18. The van der Waals surface area contributed by atoms with Crippen LogP contribution in [0.25, 0.3) is 0 Å². The molecule has 0 aliphatic carbocycles. The van der Waals surface area contributed by atoms with Gasteiger partial charge in [-0.15, -0.1) is 11.8 Å². The highest BCUT2D eigenvalue weighted by molar-refractivity contribution is 7.99. The molecule has 1 saturated heterocycles. The number of aliphatic hydroxyl groups excluding tert-OH is 1. The molecule has 2 rings (SSSR count). The highest BCUT2D eigenvalue weighted by Crippen LogP contribution is 2.32. The molecule has 1 heterocycles. The van der Waals surface area contributed by atoms with Gasteiger partial charge in [0, 0.05) is 16.2 Å². The summed E-state index contributed by atoms with van der Waals surface area (Å²) in [7, 11) is 0. The largest absolute Gasteiger partial charge is 0.396 e. The Labute approximate surface area is 111 Å². The van der Waals surface area contributed by atoms with Gasteiger partial charge in [0.1, 0.15) is 0 Å². The molecule has 5 heteroatoms. The van der Waals surface area contributed by atoms with Crippen LogP contribution in [0.4, 0.5) is 0 Å². The Morgan fingerprint density at radius 2 is 2.17 bits per heavy atom. The van der Waals surface area contributed by atoms with Crippen LogP contribution in [-0.2, 0) is 9.47 Å². The first-order valence-electron chi connectivity index (χ1n) is 5.86. The van der Waals surface area contributed by atoms with Crippen LogP contribution in [0.15, 0.2) is 23.1 Å². The first-order valence-corrected chi connectivity index (χ1v) is 6.84. The van der Waals surface area contributed by atoms with Crippen LogP contribution in [0, 0.1) is 11.3 Å².